The summed E-state index contributed by atoms with van der Waals surface area (Å²) in [6.07, 6.45) is -0.176. The Morgan fingerprint density at radius 2 is 1.58 bits per heavy atom. The number of benzene rings is 2. The molecule has 0 heterocycles. The lowest BCUT2D eigenvalue weighted by molar-refractivity contribution is -0.143. The van der Waals surface area contributed by atoms with E-state index in [9.17, 15) is 18.8 Å². The number of carbonyl (C=O) groups excluding carboxylic acids is 3. The van der Waals surface area contributed by atoms with Crippen molar-refractivity contribution in [2.45, 2.75) is 26.7 Å². The maximum Gasteiger partial charge on any atom is 0.306 e. The van der Waals surface area contributed by atoms with Crippen molar-refractivity contribution in [2.24, 2.45) is 0 Å². The van der Waals surface area contributed by atoms with Crippen LogP contribution >= 0.6 is 0 Å². The number of carbonyl (C=O) groups is 3. The summed E-state index contributed by atoms with van der Waals surface area (Å²) in [6.45, 7) is 3.33. The van der Waals surface area contributed by atoms with E-state index in [1.165, 1.54) is 12.1 Å². The van der Waals surface area contributed by atoms with Gasteiger partial charge in [-0.1, -0.05) is 18.2 Å². The molecule has 0 fully saturated rings. The monoisotopic (exact) mass is 357 g/mol. The van der Waals surface area contributed by atoms with E-state index in [1.807, 2.05) is 32.0 Å². The maximum atomic E-state index is 12.8. The van der Waals surface area contributed by atoms with Crippen LogP contribution in [0.15, 0.2) is 42.5 Å². The van der Waals surface area contributed by atoms with E-state index in [0.29, 0.717) is 0 Å². The van der Waals surface area contributed by atoms with Crippen LogP contribution in [-0.2, 0) is 14.3 Å². The fourth-order valence-corrected chi connectivity index (χ4v) is 2.37. The number of Topliss-reactive ketones (excluding diaryl/α,β-unsaturated/α-hetero) is 1. The molecule has 0 radical (unpaired) electrons. The van der Waals surface area contributed by atoms with Gasteiger partial charge in [-0.25, -0.2) is 4.39 Å². The van der Waals surface area contributed by atoms with Gasteiger partial charge in [-0.3, -0.25) is 14.4 Å². The van der Waals surface area contributed by atoms with Gasteiger partial charge in [0.25, 0.3) is 0 Å². The second-order valence-electron chi connectivity index (χ2n) is 5.91. The number of aryl methyl sites for hydroxylation is 2. The van der Waals surface area contributed by atoms with Crippen molar-refractivity contribution in [1.29, 1.82) is 0 Å². The topological polar surface area (TPSA) is 72.5 Å². The first-order valence-corrected chi connectivity index (χ1v) is 8.17. The van der Waals surface area contributed by atoms with Gasteiger partial charge < -0.3 is 10.1 Å². The highest BCUT2D eigenvalue weighted by Gasteiger charge is 2.13. The van der Waals surface area contributed by atoms with Gasteiger partial charge in [-0.15, -0.1) is 0 Å². The number of nitrogens with one attached hydrogen (secondary N) is 1. The minimum Gasteiger partial charge on any atom is -0.457 e. The molecule has 1 amide bonds. The van der Waals surface area contributed by atoms with E-state index in [1.54, 1.807) is 0 Å². The van der Waals surface area contributed by atoms with Crippen molar-refractivity contribution in [3.63, 3.8) is 0 Å². The van der Waals surface area contributed by atoms with Crippen molar-refractivity contribution in [3.05, 3.63) is 65.0 Å². The quantitative estimate of drug-likeness (QED) is 0.607. The van der Waals surface area contributed by atoms with Gasteiger partial charge in [0, 0.05) is 17.7 Å². The zero-order valence-electron chi connectivity index (χ0n) is 14.7. The molecule has 26 heavy (non-hydrogen) atoms. The van der Waals surface area contributed by atoms with Crippen LogP contribution in [-0.4, -0.2) is 24.3 Å². The van der Waals surface area contributed by atoms with Gasteiger partial charge in [-0.2, -0.15) is 0 Å². The van der Waals surface area contributed by atoms with Gasteiger partial charge in [0.15, 0.2) is 12.4 Å². The Hall–Kier alpha value is -3.02. The molecular formula is C20H20FNO4. The molecule has 0 unspecified atom stereocenters. The Morgan fingerprint density at radius 3 is 2.19 bits per heavy atom. The van der Waals surface area contributed by atoms with Crippen LogP contribution in [0.1, 0.15) is 34.3 Å². The molecule has 0 aliphatic heterocycles. The predicted octanol–water partition coefficient (Wildman–Crippen LogP) is 3.59. The lowest BCUT2D eigenvalue weighted by atomic mass is 10.1. The van der Waals surface area contributed by atoms with Crippen molar-refractivity contribution in [3.8, 4) is 0 Å². The lowest BCUT2D eigenvalue weighted by Gasteiger charge is -2.11. The van der Waals surface area contributed by atoms with Gasteiger partial charge in [0.2, 0.25) is 5.91 Å². The van der Waals surface area contributed by atoms with E-state index >= 15 is 0 Å². The molecule has 0 saturated carbocycles. The molecule has 5 nitrogen and oxygen atoms in total. The molecule has 1 N–H and O–H groups in total. The molecule has 0 aliphatic carbocycles. The minimum absolute atomic E-state index is 0.0443. The van der Waals surface area contributed by atoms with Gasteiger partial charge in [0.05, 0.1) is 6.42 Å². The number of para-hydroxylation sites is 1. The number of anilines is 1. The molecule has 0 saturated heterocycles. The fourth-order valence-electron chi connectivity index (χ4n) is 2.37. The first kappa shape index (κ1) is 19.3. The molecule has 6 heteroatoms. The summed E-state index contributed by atoms with van der Waals surface area (Å²) in [6, 6.07) is 10.6. The summed E-state index contributed by atoms with van der Waals surface area (Å²) in [5.74, 6) is -1.83. The number of hydrogen-bond donors (Lipinski definition) is 1. The van der Waals surface area contributed by atoms with Gasteiger partial charge >= 0.3 is 5.97 Å². The van der Waals surface area contributed by atoms with Crippen LogP contribution in [0, 0.1) is 19.7 Å². The average Bonchev–Trinajstić information content (AvgIpc) is 2.61. The van der Waals surface area contributed by atoms with Crippen LogP contribution in [0.2, 0.25) is 0 Å². The Labute approximate surface area is 151 Å². The minimum atomic E-state index is -0.642. The molecule has 0 spiro atoms. The Balaban J connectivity index is 1.77. The lowest BCUT2D eigenvalue weighted by Crippen LogP contribution is -2.18. The largest absolute Gasteiger partial charge is 0.457 e. The normalized spacial score (nSPS) is 10.3. The van der Waals surface area contributed by atoms with E-state index in [-0.39, 0.29) is 24.3 Å². The molecule has 136 valence electrons. The molecule has 0 aromatic heterocycles. The summed E-state index contributed by atoms with van der Waals surface area (Å²) in [7, 11) is 0. The molecule has 2 aromatic rings. The first-order valence-electron chi connectivity index (χ1n) is 8.17. The standard InChI is InChI=1S/C20H20FNO4/c1-13-4-3-5-14(2)20(13)22-18(24)10-11-19(25)26-12-17(23)15-6-8-16(21)9-7-15/h3-9H,10-12H2,1-2H3,(H,22,24). The highest BCUT2D eigenvalue weighted by Crippen LogP contribution is 2.19. The summed E-state index contributed by atoms with van der Waals surface area (Å²) in [5.41, 5.74) is 2.86. The number of amides is 1. The first-order chi connectivity index (χ1) is 12.4. The summed E-state index contributed by atoms with van der Waals surface area (Å²) in [5, 5.41) is 2.78. The molecule has 2 rings (SSSR count). The van der Waals surface area contributed by atoms with E-state index in [0.717, 1.165) is 28.9 Å². The van der Waals surface area contributed by atoms with E-state index < -0.39 is 24.2 Å². The number of ether oxygens (including phenoxy) is 1. The summed E-state index contributed by atoms with van der Waals surface area (Å²) in [4.78, 5) is 35.5. The van der Waals surface area contributed by atoms with E-state index in [4.69, 9.17) is 4.74 Å². The Morgan fingerprint density at radius 1 is 0.962 bits per heavy atom. The Kier molecular flexibility index (Phi) is 6.60. The SMILES string of the molecule is Cc1cccc(C)c1NC(=O)CCC(=O)OCC(=O)c1ccc(F)cc1. The molecule has 0 aliphatic rings. The van der Waals surface area contributed by atoms with E-state index in [2.05, 4.69) is 5.32 Å². The third kappa shape index (κ3) is 5.51. The predicted molar refractivity (Wildman–Crippen MR) is 95.5 cm³/mol. The number of esters is 1. The molecule has 0 bridgehead atoms. The van der Waals surface area contributed by atoms with Crippen molar-refractivity contribution in [2.75, 3.05) is 11.9 Å². The van der Waals surface area contributed by atoms with Crippen LogP contribution < -0.4 is 5.32 Å². The third-order valence-electron chi connectivity index (χ3n) is 3.83. The molecule has 2 aromatic carbocycles. The van der Waals surface area contributed by atoms with Crippen LogP contribution in [0.5, 0.6) is 0 Å². The number of rotatable bonds is 7. The van der Waals surface area contributed by atoms with Crippen molar-refractivity contribution < 1.29 is 23.5 Å². The highest BCUT2D eigenvalue weighted by atomic mass is 19.1. The fraction of sp³-hybridized carbons (Fsp3) is 0.250. The number of hydrogen-bond acceptors (Lipinski definition) is 4. The second-order valence-corrected chi connectivity index (χ2v) is 5.91. The smallest absolute Gasteiger partial charge is 0.306 e. The average molecular weight is 357 g/mol. The third-order valence-corrected chi connectivity index (χ3v) is 3.83. The van der Waals surface area contributed by atoms with Crippen LogP contribution in [0.25, 0.3) is 0 Å². The second kappa shape index (κ2) is 8.89. The maximum absolute atomic E-state index is 12.8. The Bertz CT molecular complexity index is 795. The zero-order valence-corrected chi connectivity index (χ0v) is 14.7. The number of ketones is 1. The van der Waals surface area contributed by atoms with Crippen molar-refractivity contribution >= 4 is 23.3 Å². The molecule has 0 atom stereocenters. The van der Waals surface area contributed by atoms with Crippen molar-refractivity contribution in [1.82, 2.24) is 0 Å². The van der Waals surface area contributed by atoms with Gasteiger partial charge in [-0.05, 0) is 49.2 Å². The van der Waals surface area contributed by atoms with Gasteiger partial charge in [0.1, 0.15) is 5.82 Å². The van der Waals surface area contributed by atoms with Crippen LogP contribution in [0.4, 0.5) is 10.1 Å². The number of halogens is 1. The summed E-state index contributed by atoms with van der Waals surface area (Å²) >= 11 is 0. The zero-order chi connectivity index (χ0) is 19.1. The summed E-state index contributed by atoms with van der Waals surface area (Å²) < 4.78 is 17.7. The molecular weight excluding hydrogens is 337 g/mol. The highest BCUT2D eigenvalue weighted by molar-refractivity contribution is 5.98. The van der Waals surface area contributed by atoms with Crippen LogP contribution in [0.3, 0.4) is 0 Å².